The minimum Gasteiger partial charge on any atom is -0.385 e. The second-order valence-electron chi connectivity index (χ2n) is 6.67. The number of rotatable bonds is 2. The normalized spacial score (nSPS) is 37.4. The number of benzene rings is 1. The molecule has 104 valence electrons. The van der Waals surface area contributed by atoms with Crippen LogP contribution >= 0.6 is 11.8 Å². The average molecular weight is 285 g/mol. The summed E-state index contributed by atoms with van der Waals surface area (Å²) < 4.78 is 0. The Bertz CT molecular complexity index is 575. The van der Waals surface area contributed by atoms with E-state index in [1.807, 2.05) is 12.1 Å². The van der Waals surface area contributed by atoms with E-state index in [0.29, 0.717) is 10.5 Å². The summed E-state index contributed by atoms with van der Waals surface area (Å²) in [6.45, 7) is 0. The largest absolute Gasteiger partial charge is 0.385 e. The third-order valence-electron chi connectivity index (χ3n) is 5.24. The molecule has 0 radical (unpaired) electrons. The van der Waals surface area contributed by atoms with Crippen LogP contribution in [-0.2, 0) is 11.0 Å². The van der Waals surface area contributed by atoms with Gasteiger partial charge in [-0.1, -0.05) is 24.3 Å². The van der Waals surface area contributed by atoms with Crippen molar-refractivity contribution in [1.82, 2.24) is 0 Å². The first-order chi connectivity index (χ1) is 9.63. The fourth-order valence-electron chi connectivity index (χ4n) is 3.85. The summed E-state index contributed by atoms with van der Waals surface area (Å²) in [6, 6.07) is 10.7. The summed E-state index contributed by atoms with van der Waals surface area (Å²) in [5.74, 6) is 0. The molecule has 2 bridgehead atoms. The highest BCUT2D eigenvalue weighted by molar-refractivity contribution is 8.00. The number of aliphatic hydroxyl groups is 1. The first-order valence-corrected chi connectivity index (χ1v) is 8.48. The van der Waals surface area contributed by atoms with Gasteiger partial charge >= 0.3 is 0 Å². The van der Waals surface area contributed by atoms with Gasteiger partial charge in [-0.15, -0.1) is 0 Å². The Morgan fingerprint density at radius 2 is 1.80 bits per heavy atom. The van der Waals surface area contributed by atoms with Gasteiger partial charge in [0.15, 0.2) is 0 Å². The molecule has 2 unspecified atom stereocenters. The molecule has 4 rings (SSSR count). The van der Waals surface area contributed by atoms with Crippen LogP contribution in [0.25, 0.3) is 0 Å². The second-order valence-corrected chi connectivity index (χ2v) is 8.28. The van der Waals surface area contributed by atoms with E-state index in [9.17, 15) is 10.4 Å². The monoisotopic (exact) mass is 285 g/mol. The van der Waals surface area contributed by atoms with Gasteiger partial charge in [0.05, 0.1) is 17.1 Å². The smallest absolute Gasteiger partial charge is 0.0917 e. The lowest BCUT2D eigenvalue weighted by Gasteiger charge is -2.36. The quantitative estimate of drug-likeness (QED) is 0.904. The first kappa shape index (κ1) is 12.7. The Balaban J connectivity index is 1.69. The Kier molecular flexibility index (Phi) is 2.71. The Labute approximate surface area is 124 Å². The zero-order valence-electron chi connectivity index (χ0n) is 11.5. The first-order valence-electron chi connectivity index (χ1n) is 7.54. The Morgan fingerprint density at radius 1 is 1.15 bits per heavy atom. The van der Waals surface area contributed by atoms with E-state index in [-0.39, 0.29) is 5.41 Å². The topological polar surface area (TPSA) is 44.0 Å². The molecule has 3 aliphatic rings. The summed E-state index contributed by atoms with van der Waals surface area (Å²) in [4.78, 5) is 0. The van der Waals surface area contributed by atoms with Crippen LogP contribution in [0.15, 0.2) is 24.3 Å². The second kappa shape index (κ2) is 4.26. The maximum absolute atomic E-state index is 11.1. The molecule has 1 aromatic carbocycles. The van der Waals surface area contributed by atoms with Crippen molar-refractivity contribution in [3.8, 4) is 6.07 Å². The van der Waals surface area contributed by atoms with Crippen molar-refractivity contribution in [2.24, 2.45) is 0 Å². The minimum atomic E-state index is -0.668. The van der Waals surface area contributed by atoms with Crippen molar-refractivity contribution >= 4 is 11.8 Å². The van der Waals surface area contributed by atoms with Gasteiger partial charge < -0.3 is 5.11 Å². The van der Waals surface area contributed by atoms with Crippen molar-refractivity contribution in [2.45, 2.75) is 60.0 Å². The van der Waals surface area contributed by atoms with Crippen molar-refractivity contribution < 1.29 is 5.11 Å². The molecular formula is C17H19NOS. The molecule has 1 N–H and O–H groups in total. The SMILES string of the molecule is N#CC1(c2cccc(C3(O)CC4CCC(C3)S4)c2)CC1. The lowest BCUT2D eigenvalue weighted by molar-refractivity contribution is 0.0195. The van der Waals surface area contributed by atoms with Crippen LogP contribution in [0.1, 0.15) is 49.7 Å². The molecule has 0 amide bonds. The molecule has 0 aromatic heterocycles. The van der Waals surface area contributed by atoms with Gasteiger partial charge in [-0.05, 0) is 49.7 Å². The van der Waals surface area contributed by atoms with Gasteiger partial charge in [0.25, 0.3) is 0 Å². The fourth-order valence-corrected chi connectivity index (χ4v) is 5.68. The van der Waals surface area contributed by atoms with Crippen molar-refractivity contribution in [2.75, 3.05) is 0 Å². The van der Waals surface area contributed by atoms with Crippen LogP contribution < -0.4 is 0 Å². The summed E-state index contributed by atoms with van der Waals surface area (Å²) in [7, 11) is 0. The van der Waals surface area contributed by atoms with Gasteiger partial charge in [0.1, 0.15) is 0 Å². The van der Waals surface area contributed by atoms with E-state index in [0.717, 1.165) is 36.8 Å². The number of hydrogen-bond acceptors (Lipinski definition) is 3. The van der Waals surface area contributed by atoms with Gasteiger partial charge in [-0.3, -0.25) is 0 Å². The molecule has 2 saturated heterocycles. The average Bonchev–Trinajstić information content (AvgIpc) is 3.19. The van der Waals surface area contributed by atoms with Crippen LogP contribution in [0.3, 0.4) is 0 Å². The highest BCUT2D eigenvalue weighted by Crippen LogP contribution is 2.52. The van der Waals surface area contributed by atoms with Crippen LogP contribution in [0.2, 0.25) is 0 Å². The highest BCUT2D eigenvalue weighted by Gasteiger charge is 2.47. The molecule has 1 aromatic rings. The zero-order chi connectivity index (χ0) is 13.8. The van der Waals surface area contributed by atoms with Gasteiger partial charge in [-0.25, -0.2) is 0 Å². The van der Waals surface area contributed by atoms with Gasteiger partial charge in [0, 0.05) is 10.5 Å². The lowest BCUT2D eigenvalue weighted by Crippen LogP contribution is -2.34. The fraction of sp³-hybridized carbons (Fsp3) is 0.588. The molecule has 2 atom stereocenters. The molecular weight excluding hydrogens is 266 g/mol. The van der Waals surface area contributed by atoms with Gasteiger partial charge in [-0.2, -0.15) is 17.0 Å². The number of thioether (sulfide) groups is 1. The molecule has 2 nitrogen and oxygen atoms in total. The van der Waals surface area contributed by atoms with Crippen LogP contribution in [0, 0.1) is 11.3 Å². The van der Waals surface area contributed by atoms with E-state index >= 15 is 0 Å². The summed E-state index contributed by atoms with van der Waals surface area (Å²) >= 11 is 2.06. The number of hydrogen-bond donors (Lipinski definition) is 1. The molecule has 0 spiro atoms. The third-order valence-corrected chi connectivity index (χ3v) is 6.82. The molecule has 3 heteroatoms. The van der Waals surface area contributed by atoms with E-state index in [1.54, 1.807) is 0 Å². The number of fused-ring (bicyclic) bond motifs is 2. The van der Waals surface area contributed by atoms with Crippen molar-refractivity contribution in [3.63, 3.8) is 0 Å². The highest BCUT2D eigenvalue weighted by atomic mass is 32.2. The molecule has 20 heavy (non-hydrogen) atoms. The Morgan fingerprint density at radius 3 is 2.40 bits per heavy atom. The molecule has 3 fully saturated rings. The third kappa shape index (κ3) is 1.89. The summed E-state index contributed by atoms with van der Waals surface area (Å²) in [5, 5.41) is 21.7. The molecule has 2 heterocycles. The van der Waals surface area contributed by atoms with Gasteiger partial charge in [0.2, 0.25) is 0 Å². The van der Waals surface area contributed by atoms with E-state index in [2.05, 4.69) is 30.0 Å². The summed E-state index contributed by atoms with van der Waals surface area (Å²) in [6.07, 6.45) is 6.17. The summed E-state index contributed by atoms with van der Waals surface area (Å²) in [5.41, 5.74) is 1.22. The van der Waals surface area contributed by atoms with E-state index < -0.39 is 5.60 Å². The maximum atomic E-state index is 11.1. The Hall–Kier alpha value is -0.980. The van der Waals surface area contributed by atoms with Crippen LogP contribution in [0.5, 0.6) is 0 Å². The standard InChI is InChI=1S/C17H19NOS/c18-11-16(6-7-16)12-2-1-3-13(8-12)17(19)9-14-4-5-15(10-17)20-14/h1-3,8,14-15,19H,4-7,9-10H2. The van der Waals surface area contributed by atoms with E-state index in [4.69, 9.17) is 0 Å². The van der Waals surface area contributed by atoms with Crippen LogP contribution in [0.4, 0.5) is 0 Å². The predicted octanol–water partition coefficient (Wildman–Crippen LogP) is 3.49. The number of nitriles is 1. The van der Waals surface area contributed by atoms with E-state index in [1.165, 1.54) is 12.8 Å². The van der Waals surface area contributed by atoms with Crippen molar-refractivity contribution in [3.05, 3.63) is 35.4 Å². The molecule has 1 saturated carbocycles. The molecule has 1 aliphatic carbocycles. The molecule has 2 aliphatic heterocycles. The van der Waals surface area contributed by atoms with Crippen molar-refractivity contribution in [1.29, 1.82) is 5.26 Å². The minimum absolute atomic E-state index is 0.255. The van der Waals surface area contributed by atoms with Crippen LogP contribution in [-0.4, -0.2) is 15.6 Å². The lowest BCUT2D eigenvalue weighted by atomic mass is 9.83. The predicted molar refractivity (Wildman–Crippen MR) is 80.5 cm³/mol. The number of nitrogens with zero attached hydrogens (tertiary/aromatic N) is 1. The zero-order valence-corrected chi connectivity index (χ0v) is 12.3. The maximum Gasteiger partial charge on any atom is 0.0917 e.